The Labute approximate surface area is 103 Å². The Hall–Kier alpha value is -1.53. The van der Waals surface area contributed by atoms with Crippen LogP contribution in [-0.2, 0) is 6.54 Å². The molecule has 1 heterocycles. The molecule has 6 heteroatoms. The van der Waals surface area contributed by atoms with Crippen molar-refractivity contribution in [2.24, 2.45) is 0 Å². The SMILES string of the molecule is OCCN(Cc1nc2ccccc2o1)CC(F)F. The first-order chi connectivity index (χ1) is 8.69. The standard InChI is InChI=1S/C12H14F2N2O2/c13-11(14)7-16(5-6-17)8-12-15-9-3-1-2-4-10(9)18-12/h1-4,11,17H,5-8H2. The lowest BCUT2D eigenvalue weighted by atomic mass is 10.3. The molecule has 98 valence electrons. The van der Waals surface area contributed by atoms with Crippen LogP contribution < -0.4 is 0 Å². The van der Waals surface area contributed by atoms with Gasteiger partial charge in [-0.3, -0.25) is 4.90 Å². The number of halogens is 2. The van der Waals surface area contributed by atoms with E-state index >= 15 is 0 Å². The molecular weight excluding hydrogens is 242 g/mol. The van der Waals surface area contributed by atoms with Crippen molar-refractivity contribution >= 4 is 11.1 Å². The summed E-state index contributed by atoms with van der Waals surface area (Å²) in [7, 11) is 0. The molecule has 0 aliphatic carbocycles. The van der Waals surface area contributed by atoms with E-state index in [1.807, 2.05) is 12.1 Å². The molecule has 0 unspecified atom stereocenters. The Balaban J connectivity index is 2.09. The third-order valence-corrected chi connectivity index (χ3v) is 2.51. The first kappa shape index (κ1) is 12.9. The molecule has 0 saturated heterocycles. The maximum atomic E-state index is 12.3. The molecule has 0 saturated carbocycles. The minimum absolute atomic E-state index is 0.166. The van der Waals surface area contributed by atoms with Crippen LogP contribution in [0.4, 0.5) is 8.78 Å². The Morgan fingerprint density at radius 1 is 1.33 bits per heavy atom. The van der Waals surface area contributed by atoms with Crippen molar-refractivity contribution in [1.82, 2.24) is 9.88 Å². The van der Waals surface area contributed by atoms with Crippen molar-refractivity contribution in [2.45, 2.75) is 13.0 Å². The molecule has 0 fully saturated rings. The normalized spacial score (nSPS) is 11.8. The molecule has 0 aliphatic rings. The van der Waals surface area contributed by atoms with E-state index in [1.54, 1.807) is 12.1 Å². The number of hydrogen-bond donors (Lipinski definition) is 1. The third kappa shape index (κ3) is 3.24. The van der Waals surface area contributed by atoms with Gasteiger partial charge in [0.1, 0.15) is 5.52 Å². The van der Waals surface area contributed by atoms with Crippen molar-refractivity contribution in [2.75, 3.05) is 19.7 Å². The molecule has 1 aromatic heterocycles. The summed E-state index contributed by atoms with van der Waals surface area (Å²) in [6.07, 6.45) is -2.44. The van der Waals surface area contributed by atoms with E-state index in [4.69, 9.17) is 9.52 Å². The van der Waals surface area contributed by atoms with Crippen LogP contribution in [0, 0.1) is 0 Å². The van der Waals surface area contributed by atoms with Crippen molar-refractivity contribution in [1.29, 1.82) is 0 Å². The van der Waals surface area contributed by atoms with Gasteiger partial charge < -0.3 is 9.52 Å². The number of para-hydroxylation sites is 2. The molecule has 2 aromatic rings. The van der Waals surface area contributed by atoms with Gasteiger partial charge in [-0.15, -0.1) is 0 Å². The molecule has 0 bridgehead atoms. The van der Waals surface area contributed by atoms with Crippen LogP contribution in [0.5, 0.6) is 0 Å². The zero-order chi connectivity index (χ0) is 13.0. The summed E-state index contributed by atoms with van der Waals surface area (Å²) >= 11 is 0. The number of aliphatic hydroxyl groups is 1. The van der Waals surface area contributed by atoms with Crippen molar-refractivity contribution in [3.8, 4) is 0 Å². The summed E-state index contributed by atoms with van der Waals surface area (Å²) in [5.41, 5.74) is 1.34. The van der Waals surface area contributed by atoms with E-state index in [1.165, 1.54) is 4.90 Å². The average molecular weight is 256 g/mol. The van der Waals surface area contributed by atoms with E-state index in [9.17, 15) is 8.78 Å². The second-order valence-corrected chi connectivity index (χ2v) is 3.93. The Kier molecular flexibility index (Phi) is 4.22. The highest BCUT2D eigenvalue weighted by atomic mass is 19.3. The van der Waals surface area contributed by atoms with Gasteiger partial charge in [-0.2, -0.15) is 0 Å². The van der Waals surface area contributed by atoms with Gasteiger partial charge in [0.15, 0.2) is 5.58 Å². The lowest BCUT2D eigenvalue weighted by Crippen LogP contribution is -2.31. The summed E-state index contributed by atoms with van der Waals surface area (Å²) < 4.78 is 30.1. The van der Waals surface area contributed by atoms with E-state index in [0.717, 1.165) is 0 Å². The lowest BCUT2D eigenvalue weighted by molar-refractivity contribution is 0.0706. The molecule has 1 aromatic carbocycles. The topological polar surface area (TPSA) is 49.5 Å². The van der Waals surface area contributed by atoms with Crippen molar-refractivity contribution in [3.63, 3.8) is 0 Å². The minimum Gasteiger partial charge on any atom is -0.439 e. The van der Waals surface area contributed by atoms with Gasteiger partial charge in [0.2, 0.25) is 5.89 Å². The van der Waals surface area contributed by atoms with Gasteiger partial charge in [-0.25, -0.2) is 13.8 Å². The second-order valence-electron chi connectivity index (χ2n) is 3.93. The molecule has 0 aliphatic heterocycles. The van der Waals surface area contributed by atoms with Crippen LogP contribution in [-0.4, -0.2) is 41.1 Å². The lowest BCUT2D eigenvalue weighted by Gasteiger charge is -2.18. The summed E-state index contributed by atoms with van der Waals surface area (Å²) in [5, 5.41) is 8.83. The average Bonchev–Trinajstić information content (AvgIpc) is 2.70. The predicted molar refractivity (Wildman–Crippen MR) is 62.4 cm³/mol. The molecule has 18 heavy (non-hydrogen) atoms. The maximum absolute atomic E-state index is 12.3. The third-order valence-electron chi connectivity index (χ3n) is 2.51. The largest absolute Gasteiger partial charge is 0.439 e. The molecule has 0 atom stereocenters. The number of rotatable bonds is 6. The van der Waals surface area contributed by atoms with Crippen LogP contribution >= 0.6 is 0 Å². The zero-order valence-corrected chi connectivity index (χ0v) is 9.72. The molecule has 4 nitrogen and oxygen atoms in total. The molecular formula is C12H14F2N2O2. The monoisotopic (exact) mass is 256 g/mol. The Morgan fingerprint density at radius 2 is 2.11 bits per heavy atom. The van der Waals surface area contributed by atoms with Crippen LogP contribution in [0.2, 0.25) is 0 Å². The zero-order valence-electron chi connectivity index (χ0n) is 9.72. The fourth-order valence-electron chi connectivity index (χ4n) is 1.75. The van der Waals surface area contributed by atoms with Crippen LogP contribution in [0.1, 0.15) is 5.89 Å². The number of benzene rings is 1. The maximum Gasteiger partial charge on any atom is 0.251 e. The molecule has 1 N–H and O–H groups in total. The summed E-state index contributed by atoms with van der Waals surface area (Å²) in [6, 6.07) is 7.22. The van der Waals surface area contributed by atoms with E-state index < -0.39 is 13.0 Å². The first-order valence-corrected chi connectivity index (χ1v) is 5.65. The predicted octanol–water partition coefficient (Wildman–Crippen LogP) is 1.89. The number of aliphatic hydroxyl groups excluding tert-OH is 1. The number of nitrogens with zero attached hydrogens (tertiary/aromatic N) is 2. The van der Waals surface area contributed by atoms with Gasteiger partial charge in [0.05, 0.1) is 19.7 Å². The van der Waals surface area contributed by atoms with Crippen LogP contribution in [0.25, 0.3) is 11.1 Å². The quantitative estimate of drug-likeness (QED) is 0.857. The molecule has 0 amide bonds. The minimum atomic E-state index is -2.44. The van der Waals surface area contributed by atoms with Crippen molar-refractivity contribution < 1.29 is 18.3 Å². The molecule has 2 rings (SSSR count). The number of aromatic nitrogens is 1. The number of oxazole rings is 1. The van der Waals surface area contributed by atoms with E-state index in [2.05, 4.69) is 4.98 Å². The number of fused-ring (bicyclic) bond motifs is 1. The summed E-state index contributed by atoms with van der Waals surface area (Å²) in [4.78, 5) is 5.62. The van der Waals surface area contributed by atoms with Crippen molar-refractivity contribution in [3.05, 3.63) is 30.2 Å². The summed E-state index contributed by atoms with van der Waals surface area (Å²) in [5.74, 6) is 0.380. The van der Waals surface area contributed by atoms with E-state index in [0.29, 0.717) is 17.0 Å². The molecule has 0 spiro atoms. The van der Waals surface area contributed by atoms with Gasteiger partial charge in [0, 0.05) is 6.54 Å². The Morgan fingerprint density at radius 3 is 2.78 bits per heavy atom. The Bertz CT molecular complexity index is 469. The number of hydrogen-bond acceptors (Lipinski definition) is 4. The highest BCUT2D eigenvalue weighted by Gasteiger charge is 2.15. The number of alkyl halides is 2. The first-order valence-electron chi connectivity index (χ1n) is 5.65. The highest BCUT2D eigenvalue weighted by molar-refractivity contribution is 5.72. The smallest absolute Gasteiger partial charge is 0.251 e. The second kappa shape index (κ2) is 5.88. The van der Waals surface area contributed by atoms with E-state index in [-0.39, 0.29) is 19.7 Å². The summed E-state index contributed by atoms with van der Waals surface area (Å²) in [6.45, 7) is -0.241. The van der Waals surface area contributed by atoms with Crippen LogP contribution in [0.3, 0.4) is 0 Å². The highest BCUT2D eigenvalue weighted by Crippen LogP contribution is 2.16. The fraction of sp³-hybridized carbons (Fsp3) is 0.417. The fourth-order valence-corrected chi connectivity index (χ4v) is 1.75. The van der Waals surface area contributed by atoms with Gasteiger partial charge in [-0.1, -0.05) is 12.1 Å². The van der Waals surface area contributed by atoms with Gasteiger partial charge in [0.25, 0.3) is 6.43 Å². The van der Waals surface area contributed by atoms with Crippen LogP contribution in [0.15, 0.2) is 28.7 Å². The van der Waals surface area contributed by atoms with Gasteiger partial charge >= 0.3 is 0 Å². The molecule has 0 radical (unpaired) electrons. The van der Waals surface area contributed by atoms with Gasteiger partial charge in [-0.05, 0) is 12.1 Å².